The predicted molar refractivity (Wildman–Crippen MR) is 123 cm³/mol. The Labute approximate surface area is 190 Å². The molecule has 1 N–H and O–H groups in total. The van der Waals surface area contributed by atoms with Crippen LogP contribution in [0.15, 0.2) is 63.2 Å². The van der Waals surface area contributed by atoms with Crippen molar-refractivity contribution < 1.29 is 13.2 Å². The van der Waals surface area contributed by atoms with E-state index in [4.69, 9.17) is 15.1 Å². The lowest BCUT2D eigenvalue weighted by molar-refractivity contribution is 0.0965. The topological polar surface area (TPSA) is 107 Å². The standard InChI is InChI=1S/C24H24N4O4S/c1-15-7-9-18(10-8-15)33(30,31)20-13-19-23(28(21(20)25)14-17-6-4-12-32-17)26-22-16(2)5-3-11-27(22)24(19)29/h3,5,7-11,13,17,25H,4,6,12,14H2,1-2H3/t17-/m0/s1. The first-order valence-corrected chi connectivity index (χ1v) is 12.3. The van der Waals surface area contributed by atoms with Crippen molar-refractivity contribution in [3.8, 4) is 0 Å². The second-order valence-corrected chi connectivity index (χ2v) is 10.4. The molecule has 1 aliphatic heterocycles. The summed E-state index contributed by atoms with van der Waals surface area (Å²) in [5.74, 6) is 0. The lowest BCUT2D eigenvalue weighted by atomic mass is 10.2. The number of aromatic nitrogens is 3. The van der Waals surface area contributed by atoms with Crippen LogP contribution in [0.4, 0.5) is 0 Å². The van der Waals surface area contributed by atoms with E-state index >= 15 is 0 Å². The molecule has 8 nitrogen and oxygen atoms in total. The molecule has 0 amide bonds. The maximum atomic E-state index is 13.5. The summed E-state index contributed by atoms with van der Waals surface area (Å²) >= 11 is 0. The molecule has 1 saturated heterocycles. The van der Waals surface area contributed by atoms with E-state index in [0.29, 0.717) is 12.3 Å². The zero-order valence-electron chi connectivity index (χ0n) is 18.4. The lowest BCUT2D eigenvalue weighted by Gasteiger charge is -2.18. The Kier molecular flexibility index (Phi) is 5.18. The van der Waals surface area contributed by atoms with Crippen molar-refractivity contribution in [3.05, 3.63) is 75.6 Å². The van der Waals surface area contributed by atoms with Crippen LogP contribution in [-0.4, -0.2) is 35.1 Å². The molecular weight excluding hydrogens is 440 g/mol. The molecule has 0 saturated carbocycles. The third-order valence-corrected chi connectivity index (χ3v) is 7.91. The van der Waals surface area contributed by atoms with Crippen LogP contribution >= 0.6 is 0 Å². The molecule has 0 bridgehead atoms. The first-order chi connectivity index (χ1) is 15.8. The average Bonchev–Trinajstić information content (AvgIpc) is 3.30. The Morgan fingerprint density at radius 1 is 1.15 bits per heavy atom. The molecule has 1 atom stereocenters. The van der Waals surface area contributed by atoms with Crippen LogP contribution in [0.2, 0.25) is 0 Å². The van der Waals surface area contributed by atoms with Gasteiger partial charge in [0, 0.05) is 12.8 Å². The van der Waals surface area contributed by atoms with Crippen molar-refractivity contribution >= 4 is 26.5 Å². The third kappa shape index (κ3) is 3.57. The number of pyridine rings is 2. The molecule has 1 aliphatic rings. The molecule has 1 aromatic carbocycles. The molecule has 4 heterocycles. The molecule has 0 unspecified atom stereocenters. The Balaban J connectivity index is 1.86. The van der Waals surface area contributed by atoms with E-state index in [9.17, 15) is 13.2 Å². The Morgan fingerprint density at radius 3 is 2.61 bits per heavy atom. The fourth-order valence-electron chi connectivity index (χ4n) is 4.29. The van der Waals surface area contributed by atoms with Gasteiger partial charge in [-0.1, -0.05) is 23.8 Å². The minimum atomic E-state index is -4.04. The number of hydrogen-bond donors (Lipinski definition) is 1. The summed E-state index contributed by atoms with van der Waals surface area (Å²) in [6.45, 7) is 4.60. The number of aryl methyl sites for hydroxylation is 2. The molecule has 4 aromatic rings. The minimum Gasteiger partial charge on any atom is -0.376 e. The molecule has 5 rings (SSSR count). The molecular formula is C24H24N4O4S. The summed E-state index contributed by atoms with van der Waals surface area (Å²) in [5.41, 5.74) is 1.92. The highest BCUT2D eigenvalue weighted by Crippen LogP contribution is 2.23. The van der Waals surface area contributed by atoms with Gasteiger partial charge in [-0.2, -0.15) is 0 Å². The fraction of sp³-hybridized carbons (Fsp3) is 0.292. The molecule has 0 aliphatic carbocycles. The van der Waals surface area contributed by atoms with Gasteiger partial charge in [-0.3, -0.25) is 14.6 Å². The summed E-state index contributed by atoms with van der Waals surface area (Å²) in [6.07, 6.45) is 3.14. The number of fused-ring (bicyclic) bond motifs is 2. The highest BCUT2D eigenvalue weighted by Gasteiger charge is 2.26. The number of sulfone groups is 1. The number of ether oxygens (including phenoxy) is 1. The van der Waals surface area contributed by atoms with E-state index < -0.39 is 9.84 Å². The van der Waals surface area contributed by atoms with Crippen molar-refractivity contribution in [1.82, 2.24) is 14.0 Å². The van der Waals surface area contributed by atoms with Gasteiger partial charge in [0.05, 0.1) is 22.9 Å². The van der Waals surface area contributed by atoms with Crippen molar-refractivity contribution in [1.29, 1.82) is 5.41 Å². The van der Waals surface area contributed by atoms with Gasteiger partial charge < -0.3 is 9.30 Å². The zero-order valence-corrected chi connectivity index (χ0v) is 19.2. The first kappa shape index (κ1) is 21.5. The van der Waals surface area contributed by atoms with Gasteiger partial charge in [0.2, 0.25) is 9.84 Å². The Bertz CT molecular complexity index is 1610. The Morgan fingerprint density at radius 2 is 1.91 bits per heavy atom. The zero-order chi connectivity index (χ0) is 23.3. The second-order valence-electron chi connectivity index (χ2n) is 8.46. The summed E-state index contributed by atoms with van der Waals surface area (Å²) < 4.78 is 35.8. The number of benzene rings is 1. The van der Waals surface area contributed by atoms with Gasteiger partial charge in [-0.25, -0.2) is 13.4 Å². The fourth-order valence-corrected chi connectivity index (χ4v) is 5.68. The highest BCUT2D eigenvalue weighted by molar-refractivity contribution is 7.91. The maximum absolute atomic E-state index is 13.5. The average molecular weight is 465 g/mol. The first-order valence-electron chi connectivity index (χ1n) is 10.8. The number of rotatable bonds is 4. The molecule has 3 aromatic heterocycles. The van der Waals surface area contributed by atoms with Crippen molar-refractivity contribution in [3.63, 3.8) is 0 Å². The SMILES string of the molecule is Cc1ccc(S(=O)(=O)c2cc3c(=O)n4cccc(C)c4nc3n(C[C@@H]3CCCO3)c2=N)cc1. The quantitative estimate of drug-likeness (QED) is 0.468. The van der Waals surface area contributed by atoms with Crippen LogP contribution < -0.4 is 11.0 Å². The van der Waals surface area contributed by atoms with E-state index in [-0.39, 0.29) is 44.5 Å². The van der Waals surface area contributed by atoms with Crippen molar-refractivity contribution in [2.75, 3.05) is 6.61 Å². The van der Waals surface area contributed by atoms with Crippen molar-refractivity contribution in [2.24, 2.45) is 0 Å². The van der Waals surface area contributed by atoms with Crippen LogP contribution in [0.5, 0.6) is 0 Å². The maximum Gasteiger partial charge on any atom is 0.267 e. The van der Waals surface area contributed by atoms with E-state index in [1.54, 1.807) is 24.4 Å². The minimum absolute atomic E-state index is 0.0781. The molecule has 0 radical (unpaired) electrons. The number of hydrogen-bond acceptors (Lipinski definition) is 6. The van der Waals surface area contributed by atoms with E-state index in [0.717, 1.165) is 24.0 Å². The predicted octanol–water partition coefficient (Wildman–Crippen LogP) is 2.76. The van der Waals surface area contributed by atoms with Gasteiger partial charge >= 0.3 is 0 Å². The normalized spacial score (nSPS) is 16.6. The molecule has 0 spiro atoms. The van der Waals surface area contributed by atoms with Gasteiger partial charge in [-0.15, -0.1) is 0 Å². The Hall–Kier alpha value is -3.30. The van der Waals surface area contributed by atoms with E-state index in [2.05, 4.69) is 0 Å². The van der Waals surface area contributed by atoms with E-state index in [1.165, 1.54) is 27.2 Å². The van der Waals surface area contributed by atoms with Crippen molar-refractivity contribution in [2.45, 2.75) is 49.1 Å². The summed E-state index contributed by atoms with van der Waals surface area (Å²) in [6, 6.07) is 11.4. The molecule has 170 valence electrons. The molecule has 9 heteroatoms. The largest absolute Gasteiger partial charge is 0.376 e. The summed E-state index contributed by atoms with van der Waals surface area (Å²) in [7, 11) is -4.04. The van der Waals surface area contributed by atoms with Crippen LogP contribution in [0.3, 0.4) is 0 Å². The third-order valence-electron chi connectivity index (χ3n) is 6.13. The van der Waals surface area contributed by atoms with Crippen LogP contribution in [-0.2, 0) is 21.1 Å². The van der Waals surface area contributed by atoms with E-state index in [1.807, 2.05) is 19.9 Å². The van der Waals surface area contributed by atoms with Crippen LogP contribution in [0, 0.1) is 19.3 Å². The van der Waals surface area contributed by atoms with Crippen LogP contribution in [0.25, 0.3) is 16.7 Å². The molecule has 33 heavy (non-hydrogen) atoms. The molecule has 1 fully saturated rings. The summed E-state index contributed by atoms with van der Waals surface area (Å²) in [4.78, 5) is 18.0. The number of nitrogens with one attached hydrogen (secondary N) is 1. The monoisotopic (exact) mass is 464 g/mol. The smallest absolute Gasteiger partial charge is 0.267 e. The second kappa shape index (κ2) is 7.93. The number of nitrogens with zero attached hydrogens (tertiary/aromatic N) is 3. The van der Waals surface area contributed by atoms with Crippen LogP contribution in [0.1, 0.15) is 24.0 Å². The van der Waals surface area contributed by atoms with Gasteiger partial charge in [-0.05, 0) is 56.5 Å². The van der Waals surface area contributed by atoms with Gasteiger partial charge in [0.15, 0.2) is 0 Å². The van der Waals surface area contributed by atoms with Gasteiger partial charge in [0.1, 0.15) is 21.7 Å². The highest BCUT2D eigenvalue weighted by atomic mass is 32.2. The lowest BCUT2D eigenvalue weighted by Crippen LogP contribution is -2.33. The van der Waals surface area contributed by atoms with Gasteiger partial charge in [0.25, 0.3) is 5.56 Å². The summed E-state index contributed by atoms with van der Waals surface area (Å²) in [5, 5.41) is 9.00.